The zero-order chi connectivity index (χ0) is 15.4. The Hall–Kier alpha value is -2.15. The van der Waals surface area contributed by atoms with E-state index in [4.69, 9.17) is 4.74 Å². The lowest BCUT2D eigenvalue weighted by Gasteiger charge is -2.12. The minimum absolute atomic E-state index is 0.0672. The molecule has 0 aliphatic heterocycles. The van der Waals surface area contributed by atoms with E-state index in [2.05, 4.69) is 10.6 Å². The molecule has 1 atom stereocenters. The van der Waals surface area contributed by atoms with Crippen molar-refractivity contribution in [2.24, 2.45) is 0 Å². The first-order valence-corrected chi connectivity index (χ1v) is 6.87. The van der Waals surface area contributed by atoms with Crippen molar-refractivity contribution in [3.05, 3.63) is 33.9 Å². The standard InChI is InChI=1S/C14H19N3O4/c1-9(21-2)8-15-12-6-3-10(7-13(12)17(19)20)14(18)16-11-4-5-11/h3,6-7,9,11,15H,4-5,8H2,1-2H3,(H,16,18). The molecule has 1 saturated carbocycles. The van der Waals surface area contributed by atoms with Crippen molar-refractivity contribution >= 4 is 17.3 Å². The van der Waals surface area contributed by atoms with Crippen LogP contribution in [0.4, 0.5) is 11.4 Å². The van der Waals surface area contributed by atoms with E-state index in [-0.39, 0.29) is 23.7 Å². The van der Waals surface area contributed by atoms with E-state index in [9.17, 15) is 14.9 Å². The molecule has 2 N–H and O–H groups in total. The number of methoxy groups -OCH3 is 1. The van der Waals surface area contributed by atoms with Crippen molar-refractivity contribution in [2.75, 3.05) is 19.0 Å². The van der Waals surface area contributed by atoms with Crippen molar-refractivity contribution in [2.45, 2.75) is 31.9 Å². The van der Waals surface area contributed by atoms with Crippen LogP contribution < -0.4 is 10.6 Å². The van der Waals surface area contributed by atoms with Gasteiger partial charge in [0.2, 0.25) is 0 Å². The van der Waals surface area contributed by atoms with Crippen LogP contribution in [-0.4, -0.2) is 36.6 Å². The molecule has 1 aromatic rings. The Morgan fingerprint density at radius 1 is 1.52 bits per heavy atom. The Bertz CT molecular complexity index is 543. The van der Waals surface area contributed by atoms with Crippen LogP contribution in [0.2, 0.25) is 0 Å². The van der Waals surface area contributed by atoms with E-state index < -0.39 is 4.92 Å². The Balaban J connectivity index is 2.13. The summed E-state index contributed by atoms with van der Waals surface area (Å²) in [7, 11) is 1.58. The lowest BCUT2D eigenvalue weighted by Crippen LogP contribution is -2.25. The van der Waals surface area contributed by atoms with Crippen molar-refractivity contribution in [3.63, 3.8) is 0 Å². The van der Waals surface area contributed by atoms with Crippen LogP contribution in [0.3, 0.4) is 0 Å². The number of nitro groups is 1. The van der Waals surface area contributed by atoms with E-state index >= 15 is 0 Å². The van der Waals surface area contributed by atoms with Crippen LogP contribution in [-0.2, 0) is 4.74 Å². The van der Waals surface area contributed by atoms with Crippen LogP contribution in [0.25, 0.3) is 0 Å². The number of nitrogens with one attached hydrogen (secondary N) is 2. The molecule has 2 rings (SSSR count). The van der Waals surface area contributed by atoms with Gasteiger partial charge in [-0.3, -0.25) is 14.9 Å². The molecular formula is C14H19N3O4. The zero-order valence-corrected chi connectivity index (χ0v) is 12.1. The number of carbonyl (C=O) groups excluding carboxylic acids is 1. The fraction of sp³-hybridized carbons (Fsp3) is 0.500. The molecule has 1 unspecified atom stereocenters. The average Bonchev–Trinajstić information content (AvgIpc) is 3.28. The molecule has 0 bridgehead atoms. The largest absolute Gasteiger partial charge is 0.380 e. The summed E-state index contributed by atoms with van der Waals surface area (Å²) in [4.78, 5) is 22.6. The SMILES string of the molecule is COC(C)CNc1ccc(C(=O)NC2CC2)cc1[N+](=O)[O-]. The molecule has 1 fully saturated rings. The summed E-state index contributed by atoms with van der Waals surface area (Å²) in [5.74, 6) is -0.266. The van der Waals surface area contributed by atoms with Crippen molar-refractivity contribution < 1.29 is 14.5 Å². The third-order valence-electron chi connectivity index (χ3n) is 3.35. The second-order valence-electron chi connectivity index (χ2n) is 5.16. The normalized spacial score (nSPS) is 15.3. The number of ether oxygens (including phenoxy) is 1. The van der Waals surface area contributed by atoms with E-state index in [0.29, 0.717) is 17.8 Å². The molecule has 1 aliphatic carbocycles. The van der Waals surface area contributed by atoms with Gasteiger partial charge in [-0.25, -0.2) is 0 Å². The molecule has 1 aromatic carbocycles. The molecule has 114 valence electrons. The zero-order valence-electron chi connectivity index (χ0n) is 12.1. The smallest absolute Gasteiger partial charge is 0.293 e. The number of carbonyl (C=O) groups is 1. The third-order valence-corrected chi connectivity index (χ3v) is 3.35. The van der Waals surface area contributed by atoms with Crippen LogP contribution >= 0.6 is 0 Å². The highest BCUT2D eigenvalue weighted by molar-refractivity contribution is 5.96. The number of anilines is 1. The van der Waals surface area contributed by atoms with Crippen molar-refractivity contribution in [1.29, 1.82) is 0 Å². The summed E-state index contributed by atoms with van der Waals surface area (Å²) in [6, 6.07) is 4.67. The second-order valence-corrected chi connectivity index (χ2v) is 5.16. The van der Waals surface area contributed by atoms with Gasteiger partial charge in [-0.1, -0.05) is 0 Å². The van der Waals surface area contributed by atoms with Crippen molar-refractivity contribution in [1.82, 2.24) is 5.32 Å². The van der Waals surface area contributed by atoms with Gasteiger partial charge in [0.15, 0.2) is 0 Å². The van der Waals surface area contributed by atoms with Gasteiger partial charge in [0.1, 0.15) is 5.69 Å². The number of benzene rings is 1. The fourth-order valence-corrected chi connectivity index (χ4v) is 1.81. The topological polar surface area (TPSA) is 93.5 Å². The summed E-state index contributed by atoms with van der Waals surface area (Å²) >= 11 is 0. The van der Waals surface area contributed by atoms with Gasteiger partial charge >= 0.3 is 0 Å². The number of nitro benzene ring substituents is 1. The highest BCUT2D eigenvalue weighted by atomic mass is 16.6. The number of hydrogen-bond donors (Lipinski definition) is 2. The Morgan fingerprint density at radius 2 is 2.24 bits per heavy atom. The number of amides is 1. The molecule has 1 aliphatic rings. The first-order valence-electron chi connectivity index (χ1n) is 6.87. The lowest BCUT2D eigenvalue weighted by molar-refractivity contribution is -0.384. The molecule has 0 heterocycles. The van der Waals surface area contributed by atoms with Crippen LogP contribution in [0.5, 0.6) is 0 Å². The molecule has 7 nitrogen and oxygen atoms in total. The second kappa shape index (κ2) is 6.53. The molecule has 0 saturated heterocycles. The van der Waals surface area contributed by atoms with Gasteiger partial charge in [0.25, 0.3) is 11.6 Å². The third kappa shape index (κ3) is 4.16. The molecule has 0 aromatic heterocycles. The maximum absolute atomic E-state index is 11.9. The minimum Gasteiger partial charge on any atom is -0.380 e. The number of rotatable bonds is 7. The summed E-state index contributed by atoms with van der Waals surface area (Å²) in [5.41, 5.74) is 0.576. The summed E-state index contributed by atoms with van der Waals surface area (Å²) < 4.78 is 5.09. The molecule has 21 heavy (non-hydrogen) atoms. The maximum atomic E-state index is 11.9. The quantitative estimate of drug-likeness (QED) is 0.592. The van der Waals surface area contributed by atoms with E-state index in [0.717, 1.165) is 12.8 Å². The molecule has 1 amide bonds. The molecular weight excluding hydrogens is 274 g/mol. The Morgan fingerprint density at radius 3 is 2.81 bits per heavy atom. The number of hydrogen-bond acceptors (Lipinski definition) is 5. The number of nitrogens with zero attached hydrogens (tertiary/aromatic N) is 1. The van der Waals surface area contributed by atoms with Gasteiger partial charge in [-0.15, -0.1) is 0 Å². The molecule has 0 radical (unpaired) electrons. The average molecular weight is 293 g/mol. The summed E-state index contributed by atoms with van der Waals surface area (Å²) in [5, 5.41) is 16.9. The van der Waals surface area contributed by atoms with E-state index in [1.807, 2.05) is 6.92 Å². The van der Waals surface area contributed by atoms with Gasteiger partial charge in [-0.05, 0) is 31.9 Å². The highest BCUT2D eigenvalue weighted by Crippen LogP contribution is 2.26. The first-order chi connectivity index (χ1) is 10.0. The maximum Gasteiger partial charge on any atom is 0.293 e. The van der Waals surface area contributed by atoms with Crippen LogP contribution in [0.15, 0.2) is 18.2 Å². The van der Waals surface area contributed by atoms with Gasteiger partial charge in [0, 0.05) is 31.3 Å². The van der Waals surface area contributed by atoms with Crippen LogP contribution in [0, 0.1) is 10.1 Å². The Kier molecular flexibility index (Phi) is 4.74. The lowest BCUT2D eigenvalue weighted by atomic mass is 10.1. The molecule has 0 spiro atoms. The fourth-order valence-electron chi connectivity index (χ4n) is 1.81. The highest BCUT2D eigenvalue weighted by Gasteiger charge is 2.25. The summed E-state index contributed by atoms with van der Waals surface area (Å²) in [6.07, 6.45) is 1.88. The monoisotopic (exact) mass is 293 g/mol. The predicted octanol–water partition coefficient (Wildman–Crippen LogP) is 1.93. The van der Waals surface area contributed by atoms with Crippen LogP contribution in [0.1, 0.15) is 30.1 Å². The first kappa shape index (κ1) is 15.2. The minimum atomic E-state index is -0.492. The van der Waals surface area contributed by atoms with Gasteiger partial charge in [0.05, 0.1) is 11.0 Å². The van der Waals surface area contributed by atoms with Crippen molar-refractivity contribution in [3.8, 4) is 0 Å². The predicted molar refractivity (Wildman–Crippen MR) is 78.5 cm³/mol. The van der Waals surface area contributed by atoms with Gasteiger partial charge < -0.3 is 15.4 Å². The van der Waals surface area contributed by atoms with E-state index in [1.165, 1.54) is 6.07 Å². The molecule has 7 heteroatoms. The van der Waals surface area contributed by atoms with Gasteiger partial charge in [-0.2, -0.15) is 0 Å². The van der Waals surface area contributed by atoms with E-state index in [1.54, 1.807) is 19.2 Å². The Labute approximate surface area is 122 Å². The summed E-state index contributed by atoms with van der Waals surface area (Å²) in [6.45, 7) is 2.31.